The van der Waals surface area contributed by atoms with Crippen LogP contribution >= 0.6 is 11.8 Å². The third-order valence-electron chi connectivity index (χ3n) is 4.34. The largest absolute Gasteiger partial charge is 0.325 e. The maximum absolute atomic E-state index is 13.7. The number of aryl methyl sites for hydroxylation is 1. The summed E-state index contributed by atoms with van der Waals surface area (Å²) in [6.45, 7) is 5.39. The number of amides is 2. The molecule has 0 atom stereocenters. The molecule has 1 aromatic heterocycles. The smallest absolute Gasteiger partial charge is 0.234 e. The predicted molar refractivity (Wildman–Crippen MR) is 113 cm³/mol. The minimum atomic E-state index is -0.567. The van der Waals surface area contributed by atoms with Crippen LogP contribution in [0.25, 0.3) is 5.69 Å². The minimum Gasteiger partial charge on any atom is -0.325 e. The van der Waals surface area contributed by atoms with Crippen molar-refractivity contribution < 1.29 is 14.0 Å². The number of nitrogens with zero attached hydrogens (tertiary/aromatic N) is 2. The van der Waals surface area contributed by atoms with Gasteiger partial charge < -0.3 is 10.6 Å². The fourth-order valence-corrected chi connectivity index (χ4v) is 3.56. The highest BCUT2D eigenvalue weighted by Crippen LogP contribution is 2.25. The van der Waals surface area contributed by atoms with Gasteiger partial charge in [-0.05, 0) is 49.2 Å². The number of aromatic nitrogens is 2. The Bertz CT molecular complexity index is 1060. The Morgan fingerprint density at radius 1 is 1.17 bits per heavy atom. The Morgan fingerprint density at radius 2 is 1.97 bits per heavy atom. The van der Waals surface area contributed by atoms with Gasteiger partial charge in [-0.25, -0.2) is 9.37 Å². The van der Waals surface area contributed by atoms with Crippen molar-refractivity contribution in [1.82, 2.24) is 9.55 Å². The third kappa shape index (κ3) is 5.03. The summed E-state index contributed by atoms with van der Waals surface area (Å²) in [5.41, 5.74) is 3.76. The molecule has 0 saturated carbocycles. The van der Waals surface area contributed by atoms with Gasteiger partial charge in [0.1, 0.15) is 5.82 Å². The van der Waals surface area contributed by atoms with Crippen molar-refractivity contribution in [3.63, 3.8) is 0 Å². The number of nitrogens with one attached hydrogen (secondary N) is 2. The van der Waals surface area contributed by atoms with Crippen LogP contribution in [0.15, 0.2) is 53.9 Å². The van der Waals surface area contributed by atoms with Crippen molar-refractivity contribution in [1.29, 1.82) is 0 Å². The number of thioether (sulfide) groups is 1. The van der Waals surface area contributed by atoms with Crippen LogP contribution in [0.3, 0.4) is 0 Å². The molecular formula is C21H21FN4O2S. The molecule has 0 aliphatic rings. The predicted octanol–water partition coefficient (Wildman–Crippen LogP) is 4.32. The Hall–Kier alpha value is -3.13. The molecule has 1 heterocycles. The van der Waals surface area contributed by atoms with Gasteiger partial charge in [-0.3, -0.25) is 14.2 Å². The Balaban J connectivity index is 1.68. The molecule has 0 unspecified atom stereocenters. The van der Waals surface area contributed by atoms with Crippen molar-refractivity contribution in [2.45, 2.75) is 25.9 Å². The molecular weight excluding hydrogens is 391 g/mol. The number of hydrogen-bond donors (Lipinski definition) is 2. The second-order valence-corrected chi connectivity index (χ2v) is 7.45. The average Bonchev–Trinajstić information content (AvgIpc) is 3.13. The average molecular weight is 412 g/mol. The van der Waals surface area contributed by atoms with Gasteiger partial charge in [-0.15, -0.1) is 0 Å². The first-order valence-electron chi connectivity index (χ1n) is 8.95. The summed E-state index contributed by atoms with van der Waals surface area (Å²) < 4.78 is 15.7. The Kier molecular flexibility index (Phi) is 6.33. The zero-order chi connectivity index (χ0) is 21.0. The lowest BCUT2D eigenvalue weighted by Crippen LogP contribution is -2.15. The molecule has 3 rings (SSSR count). The van der Waals surface area contributed by atoms with Crippen molar-refractivity contribution in [2.24, 2.45) is 0 Å². The van der Waals surface area contributed by atoms with E-state index in [1.807, 2.05) is 42.8 Å². The summed E-state index contributed by atoms with van der Waals surface area (Å²) in [5, 5.41) is 5.80. The number of halogens is 1. The summed E-state index contributed by atoms with van der Waals surface area (Å²) in [4.78, 5) is 27.8. The summed E-state index contributed by atoms with van der Waals surface area (Å²) in [7, 11) is 0. The van der Waals surface area contributed by atoms with Crippen LogP contribution < -0.4 is 10.6 Å². The highest BCUT2D eigenvalue weighted by Gasteiger charge is 2.12. The van der Waals surface area contributed by atoms with Gasteiger partial charge in [-0.1, -0.05) is 23.9 Å². The summed E-state index contributed by atoms with van der Waals surface area (Å²) >= 11 is 1.30. The van der Waals surface area contributed by atoms with Gasteiger partial charge in [0.15, 0.2) is 5.16 Å². The first-order chi connectivity index (χ1) is 13.8. The van der Waals surface area contributed by atoms with Crippen LogP contribution in [0.5, 0.6) is 0 Å². The number of rotatable bonds is 6. The molecule has 8 heteroatoms. The molecule has 0 aliphatic heterocycles. The van der Waals surface area contributed by atoms with E-state index >= 15 is 0 Å². The lowest BCUT2D eigenvalue weighted by molar-refractivity contribution is -0.114. The van der Waals surface area contributed by atoms with Gasteiger partial charge in [0, 0.05) is 25.0 Å². The van der Waals surface area contributed by atoms with E-state index < -0.39 is 5.82 Å². The van der Waals surface area contributed by atoms with E-state index in [4.69, 9.17) is 0 Å². The van der Waals surface area contributed by atoms with Gasteiger partial charge >= 0.3 is 0 Å². The number of anilines is 2. The lowest BCUT2D eigenvalue weighted by Gasteiger charge is -2.12. The highest BCUT2D eigenvalue weighted by molar-refractivity contribution is 7.99. The molecule has 0 aliphatic carbocycles. The molecule has 0 bridgehead atoms. The monoisotopic (exact) mass is 412 g/mol. The van der Waals surface area contributed by atoms with Crippen LogP contribution in [-0.2, 0) is 9.59 Å². The summed E-state index contributed by atoms with van der Waals surface area (Å²) in [5.74, 6) is -1.08. The van der Waals surface area contributed by atoms with Crippen molar-refractivity contribution >= 4 is 35.0 Å². The van der Waals surface area contributed by atoms with Gasteiger partial charge in [-0.2, -0.15) is 0 Å². The molecule has 2 N–H and O–H groups in total. The molecule has 2 amide bonds. The molecule has 0 radical (unpaired) electrons. The minimum absolute atomic E-state index is 0.0217. The SMILES string of the molecule is CC(=O)Nc1cc(NC(=O)CSc2nccn2-c2cccc(C)c2C)ccc1F. The van der Waals surface area contributed by atoms with Crippen molar-refractivity contribution in [3.05, 3.63) is 65.7 Å². The van der Waals surface area contributed by atoms with Crippen molar-refractivity contribution in [2.75, 3.05) is 16.4 Å². The maximum atomic E-state index is 13.7. The number of hydrogen-bond acceptors (Lipinski definition) is 4. The van der Waals surface area contributed by atoms with Gasteiger partial charge in [0.25, 0.3) is 0 Å². The number of carbonyl (C=O) groups is 2. The van der Waals surface area contributed by atoms with Crippen LogP contribution in [0.2, 0.25) is 0 Å². The molecule has 6 nitrogen and oxygen atoms in total. The molecule has 2 aromatic carbocycles. The molecule has 150 valence electrons. The van der Waals surface area contributed by atoms with E-state index in [2.05, 4.69) is 15.6 Å². The Labute approximate surface area is 172 Å². The quantitative estimate of drug-likeness (QED) is 0.592. The van der Waals surface area contributed by atoms with Gasteiger partial charge in [0.2, 0.25) is 11.8 Å². The zero-order valence-electron chi connectivity index (χ0n) is 16.3. The highest BCUT2D eigenvalue weighted by atomic mass is 32.2. The second kappa shape index (κ2) is 8.91. The third-order valence-corrected chi connectivity index (χ3v) is 5.30. The zero-order valence-corrected chi connectivity index (χ0v) is 17.1. The normalized spacial score (nSPS) is 10.6. The van der Waals surface area contributed by atoms with Crippen LogP contribution in [0, 0.1) is 19.7 Å². The molecule has 0 spiro atoms. The van der Waals surface area contributed by atoms with Crippen LogP contribution in [0.1, 0.15) is 18.1 Å². The number of carbonyl (C=O) groups excluding carboxylic acids is 2. The lowest BCUT2D eigenvalue weighted by atomic mass is 10.1. The van der Waals surface area contributed by atoms with Crippen LogP contribution in [-0.4, -0.2) is 27.1 Å². The van der Waals surface area contributed by atoms with Crippen molar-refractivity contribution in [3.8, 4) is 5.69 Å². The van der Waals surface area contributed by atoms with E-state index in [1.165, 1.54) is 42.4 Å². The van der Waals surface area contributed by atoms with E-state index in [9.17, 15) is 14.0 Å². The molecule has 0 saturated heterocycles. The number of benzene rings is 2. The van der Waals surface area contributed by atoms with E-state index in [1.54, 1.807) is 6.20 Å². The van der Waals surface area contributed by atoms with Crippen LogP contribution in [0.4, 0.5) is 15.8 Å². The molecule has 29 heavy (non-hydrogen) atoms. The Morgan fingerprint density at radius 3 is 2.72 bits per heavy atom. The second-order valence-electron chi connectivity index (χ2n) is 6.51. The number of imidazole rings is 1. The van der Waals surface area contributed by atoms with E-state index in [-0.39, 0.29) is 23.3 Å². The first-order valence-corrected chi connectivity index (χ1v) is 9.93. The maximum Gasteiger partial charge on any atom is 0.234 e. The van der Waals surface area contributed by atoms with E-state index in [0.717, 1.165) is 11.3 Å². The first kappa shape index (κ1) is 20.6. The topological polar surface area (TPSA) is 76.0 Å². The molecule has 3 aromatic rings. The van der Waals surface area contributed by atoms with E-state index in [0.29, 0.717) is 10.8 Å². The molecule has 0 fully saturated rings. The summed E-state index contributed by atoms with van der Waals surface area (Å²) in [6, 6.07) is 10.1. The fourth-order valence-electron chi connectivity index (χ4n) is 2.79. The summed E-state index contributed by atoms with van der Waals surface area (Å²) in [6.07, 6.45) is 3.56. The standard InChI is InChI=1S/C21H21FN4O2S/c1-13-5-4-6-19(14(13)2)26-10-9-23-21(26)29-12-20(28)25-16-7-8-17(22)18(11-16)24-15(3)27/h4-11H,12H2,1-3H3,(H,24,27)(H,25,28). The van der Waals surface area contributed by atoms with Gasteiger partial charge in [0.05, 0.1) is 17.1 Å². The fraction of sp³-hybridized carbons (Fsp3) is 0.190.